The Bertz CT molecular complexity index is 628. The molecule has 0 aromatic rings. The van der Waals surface area contributed by atoms with Gasteiger partial charge in [0.15, 0.2) is 0 Å². The van der Waals surface area contributed by atoms with Crippen LogP contribution in [-0.2, 0) is 19.2 Å². The van der Waals surface area contributed by atoms with E-state index in [0.29, 0.717) is 5.92 Å². The van der Waals surface area contributed by atoms with E-state index in [2.05, 4.69) is 11.9 Å². The van der Waals surface area contributed by atoms with Crippen molar-refractivity contribution in [2.24, 2.45) is 5.92 Å². The van der Waals surface area contributed by atoms with E-state index in [-0.39, 0.29) is 24.0 Å². The fourth-order valence-electron chi connectivity index (χ4n) is 2.37. The van der Waals surface area contributed by atoms with Gasteiger partial charge in [0.05, 0.1) is 5.57 Å². The van der Waals surface area contributed by atoms with Gasteiger partial charge in [0.25, 0.3) is 11.8 Å². The summed E-state index contributed by atoms with van der Waals surface area (Å²) in [4.78, 5) is 48.6. The fraction of sp³-hybridized carbons (Fsp3) is 0.375. The fourth-order valence-corrected chi connectivity index (χ4v) is 2.37. The molecule has 0 aromatic heterocycles. The first-order valence-corrected chi connectivity index (χ1v) is 7.12. The van der Waals surface area contributed by atoms with E-state index in [1.54, 1.807) is 6.08 Å². The Hall–Kier alpha value is -2.50. The van der Waals surface area contributed by atoms with Crippen molar-refractivity contribution in [3.63, 3.8) is 0 Å². The number of nitrogens with one attached hydrogen (secondary N) is 1. The SMILES string of the molecule is C=C1C(=O)N(C2CCC(=O)NC2=O)C(=O)/C1=C/C=C\C(C)C. The lowest BCUT2D eigenvalue weighted by molar-refractivity contribution is -0.149. The van der Waals surface area contributed by atoms with Gasteiger partial charge in [-0.05, 0) is 18.4 Å². The van der Waals surface area contributed by atoms with Crippen LogP contribution in [0.4, 0.5) is 0 Å². The van der Waals surface area contributed by atoms with E-state index >= 15 is 0 Å². The van der Waals surface area contributed by atoms with Gasteiger partial charge in [-0.2, -0.15) is 0 Å². The Morgan fingerprint density at radius 1 is 1.23 bits per heavy atom. The maximum atomic E-state index is 12.4. The van der Waals surface area contributed by atoms with E-state index in [9.17, 15) is 19.2 Å². The van der Waals surface area contributed by atoms with Gasteiger partial charge in [-0.3, -0.25) is 29.4 Å². The molecule has 22 heavy (non-hydrogen) atoms. The summed E-state index contributed by atoms with van der Waals surface area (Å²) in [6.07, 6.45) is 5.36. The molecule has 2 aliphatic heterocycles. The Labute approximate surface area is 128 Å². The summed E-state index contributed by atoms with van der Waals surface area (Å²) >= 11 is 0. The third-order valence-corrected chi connectivity index (χ3v) is 3.53. The standard InChI is InChI=1S/C16H18N2O4/c1-9(2)5-4-6-11-10(3)15(21)18(16(11)22)12-7-8-13(19)17-14(12)20/h4-6,9,12H,3,7-8H2,1-2H3,(H,17,19,20)/b5-4-,11-6+. The predicted octanol–water partition coefficient (Wildman–Crippen LogP) is 0.855. The van der Waals surface area contributed by atoms with Crippen LogP contribution in [0.5, 0.6) is 0 Å². The minimum Gasteiger partial charge on any atom is -0.295 e. The first-order chi connectivity index (χ1) is 10.3. The first kappa shape index (κ1) is 15.9. The summed E-state index contributed by atoms with van der Waals surface area (Å²) in [5.74, 6) is -1.83. The zero-order chi connectivity index (χ0) is 16.4. The minimum atomic E-state index is -0.950. The summed E-state index contributed by atoms with van der Waals surface area (Å²) in [5, 5.41) is 2.15. The molecule has 1 atom stereocenters. The van der Waals surface area contributed by atoms with Crippen LogP contribution < -0.4 is 5.32 Å². The molecule has 1 N–H and O–H groups in total. The van der Waals surface area contributed by atoms with Gasteiger partial charge >= 0.3 is 0 Å². The van der Waals surface area contributed by atoms with Crippen LogP contribution in [0, 0.1) is 5.92 Å². The van der Waals surface area contributed by atoms with Crippen LogP contribution in [0.1, 0.15) is 26.7 Å². The molecule has 0 aromatic carbocycles. The van der Waals surface area contributed by atoms with E-state index in [0.717, 1.165) is 4.90 Å². The van der Waals surface area contributed by atoms with Gasteiger partial charge in [-0.15, -0.1) is 0 Å². The summed E-state index contributed by atoms with van der Waals surface area (Å²) < 4.78 is 0. The maximum absolute atomic E-state index is 12.4. The largest absolute Gasteiger partial charge is 0.295 e. The molecular weight excluding hydrogens is 284 g/mol. The number of carbonyl (C=O) groups is 4. The second-order valence-electron chi connectivity index (χ2n) is 5.64. The molecule has 6 heteroatoms. The Morgan fingerprint density at radius 3 is 2.50 bits per heavy atom. The van der Waals surface area contributed by atoms with Crippen molar-refractivity contribution in [2.45, 2.75) is 32.7 Å². The topological polar surface area (TPSA) is 83.6 Å². The zero-order valence-corrected chi connectivity index (χ0v) is 12.6. The maximum Gasteiger partial charge on any atom is 0.262 e. The van der Waals surface area contributed by atoms with Crippen LogP contribution in [0.3, 0.4) is 0 Å². The number of amides is 4. The summed E-state index contributed by atoms with van der Waals surface area (Å²) in [5.41, 5.74) is 0.259. The average molecular weight is 302 g/mol. The highest BCUT2D eigenvalue weighted by Gasteiger charge is 2.45. The second kappa shape index (κ2) is 6.09. The Morgan fingerprint density at radius 2 is 1.91 bits per heavy atom. The van der Waals surface area contributed by atoms with E-state index in [1.165, 1.54) is 6.08 Å². The quantitative estimate of drug-likeness (QED) is 0.619. The van der Waals surface area contributed by atoms with Crippen molar-refractivity contribution >= 4 is 23.6 Å². The van der Waals surface area contributed by atoms with Gasteiger partial charge in [0.1, 0.15) is 6.04 Å². The van der Waals surface area contributed by atoms with Crippen molar-refractivity contribution in [3.05, 3.63) is 36.0 Å². The van der Waals surface area contributed by atoms with E-state index in [4.69, 9.17) is 0 Å². The molecule has 2 heterocycles. The monoisotopic (exact) mass is 302 g/mol. The van der Waals surface area contributed by atoms with Gasteiger partial charge in [-0.1, -0.05) is 32.6 Å². The minimum absolute atomic E-state index is 0.0723. The lowest BCUT2D eigenvalue weighted by atomic mass is 10.0. The number of hydrogen-bond donors (Lipinski definition) is 1. The van der Waals surface area contributed by atoms with Crippen LogP contribution in [-0.4, -0.2) is 34.6 Å². The molecule has 2 aliphatic rings. The normalized spacial score (nSPS) is 25.0. The first-order valence-electron chi connectivity index (χ1n) is 7.12. The smallest absolute Gasteiger partial charge is 0.262 e. The number of rotatable bonds is 3. The average Bonchev–Trinajstić information content (AvgIpc) is 2.63. The van der Waals surface area contributed by atoms with Gasteiger partial charge in [0.2, 0.25) is 11.8 Å². The molecule has 6 nitrogen and oxygen atoms in total. The Kier molecular flexibility index (Phi) is 4.40. The van der Waals surface area contributed by atoms with Crippen molar-refractivity contribution in [1.29, 1.82) is 0 Å². The van der Waals surface area contributed by atoms with Crippen LogP contribution in [0.2, 0.25) is 0 Å². The van der Waals surface area contributed by atoms with Crippen LogP contribution in [0.15, 0.2) is 36.0 Å². The van der Waals surface area contributed by atoms with Crippen molar-refractivity contribution in [1.82, 2.24) is 10.2 Å². The third-order valence-electron chi connectivity index (χ3n) is 3.53. The highest BCUT2D eigenvalue weighted by atomic mass is 16.2. The number of piperidine rings is 1. The molecule has 0 aliphatic carbocycles. The number of nitrogens with zero attached hydrogens (tertiary/aromatic N) is 1. The van der Waals surface area contributed by atoms with Crippen molar-refractivity contribution in [2.75, 3.05) is 0 Å². The number of likely N-dealkylation sites (tertiary alicyclic amines) is 1. The summed E-state index contributed by atoms with van der Waals surface area (Å²) in [7, 11) is 0. The van der Waals surface area contributed by atoms with E-state index < -0.39 is 29.7 Å². The van der Waals surface area contributed by atoms with Crippen molar-refractivity contribution < 1.29 is 19.2 Å². The van der Waals surface area contributed by atoms with Gasteiger partial charge in [-0.25, -0.2) is 0 Å². The zero-order valence-electron chi connectivity index (χ0n) is 12.6. The summed E-state index contributed by atoms with van der Waals surface area (Å²) in [6.45, 7) is 7.61. The number of hydrogen-bond acceptors (Lipinski definition) is 4. The number of imide groups is 2. The molecule has 2 saturated heterocycles. The third kappa shape index (κ3) is 2.90. The molecule has 2 fully saturated rings. The highest BCUT2D eigenvalue weighted by Crippen LogP contribution is 2.28. The van der Waals surface area contributed by atoms with Gasteiger partial charge < -0.3 is 0 Å². The lowest BCUT2D eigenvalue weighted by Crippen LogP contribution is -2.54. The van der Waals surface area contributed by atoms with Crippen LogP contribution in [0.25, 0.3) is 0 Å². The molecular formula is C16H18N2O4. The number of carbonyl (C=O) groups excluding carboxylic acids is 4. The second-order valence-corrected chi connectivity index (χ2v) is 5.64. The molecule has 0 saturated carbocycles. The Balaban J connectivity index is 2.26. The molecule has 1 unspecified atom stereocenters. The molecule has 0 spiro atoms. The molecule has 0 radical (unpaired) electrons. The predicted molar refractivity (Wildman–Crippen MR) is 79.2 cm³/mol. The van der Waals surface area contributed by atoms with Gasteiger partial charge in [0, 0.05) is 12.0 Å². The molecule has 2 rings (SSSR count). The van der Waals surface area contributed by atoms with E-state index in [1.807, 2.05) is 19.9 Å². The summed E-state index contributed by atoms with van der Waals surface area (Å²) in [6, 6.07) is -0.950. The lowest BCUT2D eigenvalue weighted by Gasteiger charge is -2.27. The highest BCUT2D eigenvalue weighted by molar-refractivity contribution is 6.26. The van der Waals surface area contributed by atoms with Crippen molar-refractivity contribution in [3.8, 4) is 0 Å². The number of allylic oxidation sites excluding steroid dienone is 3. The molecule has 4 amide bonds. The molecule has 0 bridgehead atoms. The van der Waals surface area contributed by atoms with Crippen LogP contribution >= 0.6 is 0 Å². The molecule has 116 valence electrons.